The highest BCUT2D eigenvalue weighted by Crippen LogP contribution is 2.42. The maximum absolute atomic E-state index is 11.3. The van der Waals surface area contributed by atoms with Crippen molar-refractivity contribution in [3.05, 3.63) is 80.9 Å². The van der Waals surface area contributed by atoms with Crippen molar-refractivity contribution in [2.45, 2.75) is 0 Å². The highest BCUT2D eigenvalue weighted by molar-refractivity contribution is 6.28. The molecule has 0 amide bonds. The fourth-order valence-corrected chi connectivity index (χ4v) is 2.48. The topological polar surface area (TPSA) is 231 Å². The quantitative estimate of drug-likeness (QED) is 0.351. The average Bonchev–Trinajstić information content (AvgIpc) is 2.66. The van der Waals surface area contributed by atoms with E-state index in [-0.39, 0.29) is 4.53 Å². The number of hydrogen-bond donors (Lipinski definition) is 1. The minimum absolute atomic E-state index is 0.147. The summed E-state index contributed by atoms with van der Waals surface area (Å²) in [6, 6.07) is 3.06. The van der Waals surface area contributed by atoms with Crippen LogP contribution in [0.25, 0.3) is 0 Å². The third-order valence-corrected chi connectivity index (χ3v) is 3.72. The minimum Gasteiger partial charge on any atom is -0.276 e. The van der Waals surface area contributed by atoms with E-state index in [9.17, 15) is 50.6 Å². The molecule has 0 atom stereocenters. The Labute approximate surface area is 167 Å². The van der Waals surface area contributed by atoms with Gasteiger partial charge in [-0.2, -0.15) is 4.53 Å². The van der Waals surface area contributed by atoms with Gasteiger partial charge in [0.25, 0.3) is 11.4 Å². The molecule has 18 heteroatoms. The Morgan fingerprint density at radius 2 is 1.10 bits per heavy atom. The van der Waals surface area contributed by atoms with Crippen LogP contribution in [-0.2, 0) is 0 Å². The van der Waals surface area contributed by atoms with Gasteiger partial charge in [-0.3, -0.25) is 56.0 Å². The fourth-order valence-electron chi connectivity index (χ4n) is 2.22. The number of anilines is 2. The molecule has 0 radical (unpaired) electrons. The van der Waals surface area contributed by atoms with E-state index < -0.39 is 64.4 Å². The molecule has 2 rings (SSSR count). The first-order valence-electron chi connectivity index (χ1n) is 7.20. The zero-order chi connectivity index (χ0) is 22.7. The molecule has 2 aromatic rings. The fraction of sp³-hybridized carbons (Fsp3) is 0. The lowest BCUT2D eigenvalue weighted by molar-refractivity contribution is -0.402. The first-order valence-corrected chi connectivity index (χ1v) is 7.54. The molecule has 0 saturated carbocycles. The molecule has 0 aliphatic rings. The van der Waals surface area contributed by atoms with E-state index in [0.717, 1.165) is 12.1 Å². The maximum Gasteiger partial charge on any atom is 0.309 e. The van der Waals surface area contributed by atoms with E-state index in [2.05, 4.69) is 5.43 Å². The first kappa shape index (κ1) is 21.6. The van der Waals surface area contributed by atoms with Gasteiger partial charge >= 0.3 is 17.1 Å². The molecule has 0 spiro atoms. The van der Waals surface area contributed by atoms with Gasteiger partial charge in [-0.15, -0.1) is 0 Å². The van der Waals surface area contributed by atoms with Gasteiger partial charge in [0.2, 0.25) is 5.69 Å². The van der Waals surface area contributed by atoms with Crippen LogP contribution in [0.5, 0.6) is 0 Å². The lowest BCUT2D eigenvalue weighted by Crippen LogP contribution is -2.22. The van der Waals surface area contributed by atoms with Crippen molar-refractivity contribution >= 4 is 51.6 Å². The first-order chi connectivity index (χ1) is 13.9. The number of nitro groups is 5. The molecule has 156 valence electrons. The second-order valence-electron chi connectivity index (χ2n) is 5.21. The number of hydrazine groups is 1. The van der Waals surface area contributed by atoms with Gasteiger partial charge < -0.3 is 0 Å². The van der Waals surface area contributed by atoms with Crippen LogP contribution in [0.3, 0.4) is 0 Å². The molecule has 0 bridgehead atoms. The summed E-state index contributed by atoms with van der Waals surface area (Å²) < 4.78 is 0.147. The molecule has 0 unspecified atom stereocenters. The van der Waals surface area contributed by atoms with E-state index in [1.165, 1.54) is 0 Å². The molecule has 2 aromatic carbocycles. The van der Waals surface area contributed by atoms with Crippen molar-refractivity contribution in [2.24, 2.45) is 0 Å². The Morgan fingerprint density at radius 1 is 0.667 bits per heavy atom. The highest BCUT2D eigenvalue weighted by atomic mass is 35.5. The SMILES string of the molecule is O=[N+]([O-])c1ccc(NN(Cl)c2c([N+](=O)[O-])cc([N+](=O)[O-])cc2[N+](=O)[O-])c([N+](=O)[O-])c1. The molecule has 0 heterocycles. The Balaban J connectivity index is 2.64. The molecule has 0 saturated heterocycles. The molecule has 1 N–H and O–H groups in total. The van der Waals surface area contributed by atoms with Crippen molar-refractivity contribution in [1.82, 2.24) is 0 Å². The molecule has 0 aliphatic carbocycles. The van der Waals surface area contributed by atoms with Crippen LogP contribution in [0.2, 0.25) is 0 Å². The van der Waals surface area contributed by atoms with Crippen LogP contribution in [0.4, 0.5) is 39.8 Å². The number of rotatable bonds is 8. The lowest BCUT2D eigenvalue weighted by atomic mass is 10.2. The monoisotopic (exact) mass is 443 g/mol. The van der Waals surface area contributed by atoms with Gasteiger partial charge in [-0.05, 0) is 6.07 Å². The molecular weight excluding hydrogens is 438 g/mol. The van der Waals surface area contributed by atoms with Crippen molar-refractivity contribution in [1.29, 1.82) is 0 Å². The van der Waals surface area contributed by atoms with Crippen LogP contribution in [0.1, 0.15) is 0 Å². The Kier molecular flexibility index (Phi) is 5.87. The number of hydrogen-bond acceptors (Lipinski definition) is 12. The number of halogens is 1. The molecule has 30 heavy (non-hydrogen) atoms. The largest absolute Gasteiger partial charge is 0.309 e. The lowest BCUT2D eigenvalue weighted by Gasteiger charge is -2.17. The van der Waals surface area contributed by atoms with Crippen molar-refractivity contribution in [3.8, 4) is 0 Å². The van der Waals surface area contributed by atoms with Gasteiger partial charge in [0.05, 0.1) is 42.8 Å². The molecular formula is C12H6ClN7O10. The van der Waals surface area contributed by atoms with Crippen LogP contribution in [0, 0.1) is 50.6 Å². The highest BCUT2D eigenvalue weighted by Gasteiger charge is 2.35. The number of nitro benzene ring substituents is 5. The molecule has 0 aromatic heterocycles. The van der Waals surface area contributed by atoms with Crippen LogP contribution >= 0.6 is 11.8 Å². The minimum atomic E-state index is -1.18. The molecule has 17 nitrogen and oxygen atoms in total. The van der Waals surface area contributed by atoms with Crippen LogP contribution < -0.4 is 9.95 Å². The van der Waals surface area contributed by atoms with E-state index in [0.29, 0.717) is 18.2 Å². The van der Waals surface area contributed by atoms with Crippen molar-refractivity contribution in [3.63, 3.8) is 0 Å². The number of nitrogens with zero attached hydrogens (tertiary/aromatic N) is 6. The second-order valence-corrected chi connectivity index (χ2v) is 5.55. The van der Waals surface area contributed by atoms with Crippen molar-refractivity contribution < 1.29 is 24.6 Å². The van der Waals surface area contributed by atoms with Gasteiger partial charge in [0.1, 0.15) is 5.69 Å². The van der Waals surface area contributed by atoms with E-state index in [1.807, 2.05) is 0 Å². The summed E-state index contributed by atoms with van der Waals surface area (Å²) in [7, 11) is 0. The van der Waals surface area contributed by atoms with Crippen LogP contribution in [-0.4, -0.2) is 24.6 Å². The Hall–Kier alpha value is -4.67. The zero-order valence-electron chi connectivity index (χ0n) is 14.0. The predicted octanol–water partition coefficient (Wildman–Crippen LogP) is 3.21. The number of benzene rings is 2. The summed E-state index contributed by atoms with van der Waals surface area (Å²) in [5.41, 5.74) is -4.20. The molecule has 0 aliphatic heterocycles. The average molecular weight is 444 g/mol. The van der Waals surface area contributed by atoms with E-state index in [1.54, 1.807) is 0 Å². The number of non-ortho nitro benzene ring substituents is 2. The Bertz CT molecular complexity index is 1070. The summed E-state index contributed by atoms with van der Waals surface area (Å²) in [6.07, 6.45) is 0. The van der Waals surface area contributed by atoms with E-state index in [4.69, 9.17) is 11.8 Å². The summed E-state index contributed by atoms with van der Waals surface area (Å²) in [5, 5.41) is 55.4. The predicted molar refractivity (Wildman–Crippen MR) is 98.1 cm³/mol. The van der Waals surface area contributed by atoms with Crippen molar-refractivity contribution in [2.75, 3.05) is 9.95 Å². The summed E-state index contributed by atoms with van der Waals surface area (Å²) in [6.45, 7) is 0. The smallest absolute Gasteiger partial charge is 0.276 e. The van der Waals surface area contributed by atoms with Gasteiger partial charge in [-0.1, -0.05) is 0 Å². The summed E-state index contributed by atoms with van der Waals surface area (Å²) in [4.78, 5) is 50.0. The van der Waals surface area contributed by atoms with E-state index >= 15 is 0 Å². The Morgan fingerprint density at radius 3 is 1.50 bits per heavy atom. The standard InChI is InChI=1S/C12H6ClN7O10/c13-15(14-8-2-1-6(16(21)22)3-9(8)18(25)26)12-10(19(27)28)4-7(17(23)24)5-11(12)20(29)30/h1-5,14H. The molecule has 0 fully saturated rings. The van der Waals surface area contributed by atoms with Gasteiger partial charge in [0.15, 0.2) is 0 Å². The zero-order valence-corrected chi connectivity index (χ0v) is 14.8. The normalized spacial score (nSPS) is 10.2. The summed E-state index contributed by atoms with van der Waals surface area (Å²) in [5.74, 6) is 0. The third kappa shape index (κ3) is 4.25. The summed E-state index contributed by atoms with van der Waals surface area (Å²) >= 11 is 5.84. The second kappa shape index (κ2) is 8.14. The maximum atomic E-state index is 11.3. The van der Waals surface area contributed by atoms with Crippen LogP contribution in [0.15, 0.2) is 30.3 Å². The number of nitrogens with one attached hydrogen (secondary N) is 1. The third-order valence-electron chi connectivity index (χ3n) is 3.46. The van der Waals surface area contributed by atoms with Gasteiger partial charge in [0, 0.05) is 17.8 Å². The van der Waals surface area contributed by atoms with Gasteiger partial charge in [-0.25, -0.2) is 0 Å².